The molecule has 27 heavy (non-hydrogen) atoms. The van der Waals surface area contributed by atoms with Crippen molar-refractivity contribution >= 4 is 10.9 Å². The lowest BCUT2D eigenvalue weighted by Crippen LogP contribution is -1.89. The van der Waals surface area contributed by atoms with Crippen LogP contribution in [-0.2, 0) is 6.42 Å². The fourth-order valence-electron chi connectivity index (χ4n) is 4.10. The van der Waals surface area contributed by atoms with Gasteiger partial charge in [0.05, 0.1) is 0 Å². The number of H-pyrrole nitrogens is 1. The van der Waals surface area contributed by atoms with Crippen molar-refractivity contribution in [3.8, 4) is 11.3 Å². The zero-order chi connectivity index (χ0) is 18.7. The van der Waals surface area contributed by atoms with Gasteiger partial charge in [0, 0.05) is 16.6 Å². The first-order valence-corrected chi connectivity index (χ1v) is 11.0. The highest BCUT2D eigenvalue weighted by Crippen LogP contribution is 2.31. The van der Waals surface area contributed by atoms with Crippen LogP contribution in [0.25, 0.3) is 22.2 Å². The third kappa shape index (κ3) is 5.73. The maximum Gasteiger partial charge on any atom is 0.0497 e. The van der Waals surface area contributed by atoms with Gasteiger partial charge in [-0.15, -0.1) is 0 Å². The maximum atomic E-state index is 3.67. The molecule has 0 saturated carbocycles. The van der Waals surface area contributed by atoms with Crippen molar-refractivity contribution in [2.24, 2.45) is 0 Å². The first-order chi connectivity index (χ1) is 13.4. The van der Waals surface area contributed by atoms with Gasteiger partial charge in [-0.25, -0.2) is 0 Å². The van der Waals surface area contributed by atoms with E-state index in [9.17, 15) is 0 Å². The average Bonchev–Trinajstić information content (AvgIpc) is 3.09. The average molecular weight is 362 g/mol. The number of fused-ring (bicyclic) bond motifs is 1. The molecular formula is C26H35N. The number of nitrogens with one attached hydrogen (secondary N) is 1. The molecule has 1 aromatic heterocycles. The van der Waals surface area contributed by atoms with Crippen molar-refractivity contribution in [1.29, 1.82) is 0 Å². The first kappa shape index (κ1) is 19.7. The number of benzene rings is 2. The summed E-state index contributed by atoms with van der Waals surface area (Å²) in [7, 11) is 0. The summed E-state index contributed by atoms with van der Waals surface area (Å²) in [5, 5.41) is 1.40. The molecule has 1 N–H and O–H groups in total. The van der Waals surface area contributed by atoms with E-state index in [1.165, 1.54) is 98.4 Å². The highest BCUT2D eigenvalue weighted by molar-refractivity contribution is 5.90. The van der Waals surface area contributed by atoms with Gasteiger partial charge in [0.25, 0.3) is 0 Å². The van der Waals surface area contributed by atoms with Crippen LogP contribution in [0.5, 0.6) is 0 Å². The molecule has 0 amide bonds. The molecule has 1 heteroatoms. The quantitative estimate of drug-likeness (QED) is 0.312. The van der Waals surface area contributed by atoms with Crippen LogP contribution in [0.2, 0.25) is 0 Å². The molecule has 0 saturated heterocycles. The molecule has 1 nitrogen and oxygen atoms in total. The Labute approximate surface area is 165 Å². The molecule has 0 atom stereocenters. The number of unbranched alkanes of at least 4 members (excludes halogenated alkanes) is 9. The van der Waals surface area contributed by atoms with Crippen LogP contribution in [0.15, 0.2) is 54.6 Å². The summed E-state index contributed by atoms with van der Waals surface area (Å²) in [6, 6.07) is 19.5. The van der Waals surface area contributed by atoms with E-state index >= 15 is 0 Å². The van der Waals surface area contributed by atoms with Crippen LogP contribution in [0.1, 0.15) is 76.7 Å². The Bertz CT molecular complexity index is 784. The first-order valence-electron chi connectivity index (χ1n) is 11.0. The molecule has 0 radical (unpaired) electrons. The number of aryl methyl sites for hydroxylation is 1. The van der Waals surface area contributed by atoms with E-state index in [-0.39, 0.29) is 0 Å². The summed E-state index contributed by atoms with van der Waals surface area (Å²) in [5.74, 6) is 0. The Hall–Kier alpha value is -2.02. The van der Waals surface area contributed by atoms with Crippen LogP contribution in [0.3, 0.4) is 0 Å². The van der Waals surface area contributed by atoms with E-state index in [1.807, 2.05) is 0 Å². The fourth-order valence-corrected chi connectivity index (χ4v) is 4.10. The Morgan fingerprint density at radius 3 is 1.93 bits per heavy atom. The van der Waals surface area contributed by atoms with Gasteiger partial charge in [0.15, 0.2) is 0 Å². The van der Waals surface area contributed by atoms with Crippen LogP contribution < -0.4 is 0 Å². The van der Waals surface area contributed by atoms with Crippen molar-refractivity contribution < 1.29 is 0 Å². The molecule has 0 aliphatic heterocycles. The van der Waals surface area contributed by atoms with Gasteiger partial charge in [-0.05, 0) is 30.0 Å². The van der Waals surface area contributed by atoms with Gasteiger partial charge in [-0.2, -0.15) is 0 Å². The van der Waals surface area contributed by atoms with E-state index in [0.717, 1.165) is 0 Å². The Morgan fingerprint density at radius 1 is 0.630 bits per heavy atom. The lowest BCUT2D eigenvalue weighted by Gasteiger charge is -2.06. The van der Waals surface area contributed by atoms with Gasteiger partial charge in [-0.1, -0.05) is 113 Å². The number of hydrogen-bond donors (Lipinski definition) is 1. The summed E-state index contributed by atoms with van der Waals surface area (Å²) in [4.78, 5) is 3.67. The normalized spacial score (nSPS) is 11.3. The van der Waals surface area contributed by atoms with E-state index in [2.05, 4.69) is 66.5 Å². The number of rotatable bonds is 12. The lowest BCUT2D eigenvalue weighted by molar-refractivity contribution is 0.556. The van der Waals surface area contributed by atoms with E-state index in [1.54, 1.807) is 0 Å². The summed E-state index contributed by atoms with van der Waals surface area (Å²) < 4.78 is 0. The second-order valence-electron chi connectivity index (χ2n) is 7.82. The summed E-state index contributed by atoms with van der Waals surface area (Å²) in [6.07, 6.45) is 15.1. The Balaban J connectivity index is 1.51. The molecule has 1 heterocycles. The van der Waals surface area contributed by atoms with Crippen molar-refractivity contribution in [3.05, 3.63) is 60.2 Å². The zero-order valence-electron chi connectivity index (χ0n) is 17.0. The van der Waals surface area contributed by atoms with Crippen LogP contribution >= 0.6 is 0 Å². The van der Waals surface area contributed by atoms with E-state index < -0.39 is 0 Å². The van der Waals surface area contributed by atoms with Crippen molar-refractivity contribution in [2.75, 3.05) is 0 Å². The molecule has 2 aromatic carbocycles. The van der Waals surface area contributed by atoms with E-state index in [4.69, 9.17) is 0 Å². The zero-order valence-corrected chi connectivity index (χ0v) is 17.0. The third-order valence-electron chi connectivity index (χ3n) is 5.66. The predicted molar refractivity (Wildman–Crippen MR) is 119 cm³/mol. The fraction of sp³-hybridized carbons (Fsp3) is 0.462. The second-order valence-corrected chi connectivity index (χ2v) is 7.82. The molecule has 0 fully saturated rings. The summed E-state index contributed by atoms with van der Waals surface area (Å²) in [6.45, 7) is 2.29. The van der Waals surface area contributed by atoms with E-state index in [0.29, 0.717) is 0 Å². The largest absolute Gasteiger partial charge is 0.354 e. The van der Waals surface area contributed by atoms with Crippen molar-refractivity contribution in [2.45, 2.75) is 77.6 Å². The van der Waals surface area contributed by atoms with Crippen LogP contribution in [0.4, 0.5) is 0 Å². The number of aromatic nitrogens is 1. The van der Waals surface area contributed by atoms with Gasteiger partial charge in [0.1, 0.15) is 0 Å². The topological polar surface area (TPSA) is 15.8 Å². The van der Waals surface area contributed by atoms with Gasteiger partial charge in [-0.3, -0.25) is 0 Å². The van der Waals surface area contributed by atoms with Gasteiger partial charge in [0.2, 0.25) is 0 Å². The predicted octanol–water partition coefficient (Wildman–Crippen LogP) is 8.30. The smallest absolute Gasteiger partial charge is 0.0497 e. The molecule has 0 unspecified atom stereocenters. The third-order valence-corrected chi connectivity index (χ3v) is 5.66. The lowest BCUT2D eigenvalue weighted by atomic mass is 9.99. The van der Waals surface area contributed by atoms with Crippen molar-refractivity contribution in [1.82, 2.24) is 4.98 Å². The number of hydrogen-bond acceptors (Lipinski definition) is 0. The number of para-hydroxylation sites is 1. The maximum absolute atomic E-state index is 3.67. The number of aromatic amines is 1. The minimum absolute atomic E-state index is 1.17. The highest BCUT2D eigenvalue weighted by atomic mass is 14.7. The molecule has 3 aromatic rings. The molecule has 3 rings (SSSR count). The minimum atomic E-state index is 1.17. The Kier molecular flexibility index (Phi) is 8.02. The summed E-state index contributed by atoms with van der Waals surface area (Å²) in [5.41, 5.74) is 5.37. The molecule has 0 aliphatic rings. The van der Waals surface area contributed by atoms with Crippen LogP contribution in [0, 0.1) is 0 Å². The Morgan fingerprint density at radius 2 is 1.22 bits per heavy atom. The standard InChI is InChI=1S/C26H35N/c1-2-3-4-5-6-7-8-9-10-14-20-24-23-19-15-16-21-25(23)27-26(24)22-17-12-11-13-18-22/h11-13,15-19,21,27H,2-10,14,20H2,1H3. The molecule has 0 spiro atoms. The monoisotopic (exact) mass is 361 g/mol. The van der Waals surface area contributed by atoms with Crippen LogP contribution in [-0.4, -0.2) is 4.98 Å². The second kappa shape index (κ2) is 11.0. The van der Waals surface area contributed by atoms with Crippen molar-refractivity contribution in [3.63, 3.8) is 0 Å². The van der Waals surface area contributed by atoms with Gasteiger partial charge >= 0.3 is 0 Å². The molecule has 0 aliphatic carbocycles. The minimum Gasteiger partial charge on any atom is -0.354 e. The van der Waals surface area contributed by atoms with Gasteiger partial charge < -0.3 is 4.98 Å². The molecule has 0 bridgehead atoms. The molecule has 144 valence electrons. The molecular weight excluding hydrogens is 326 g/mol. The SMILES string of the molecule is CCCCCCCCCCCCc1c(-c2ccccc2)[nH]c2ccccc12. The summed E-state index contributed by atoms with van der Waals surface area (Å²) >= 11 is 0. The highest BCUT2D eigenvalue weighted by Gasteiger charge is 2.12.